The number of fused-ring (bicyclic) bond motifs is 2. The standard InChI is InChI=1S/C30H15BrCl8N2O7/c31-11-6-4-10(5-7-11)13(42)9-48-30(47)12(41-28(45)16-17(29(41)46)21(35)25(39)24(38)20(16)34)3-1-2-8-40-26(43)14-15(27(40)44)19(33)23(37)22(36)18(14)32/h4-7,12H,1-3,8-9H2/t12-/m0/s1. The van der Waals surface area contributed by atoms with E-state index < -0.39 is 48.0 Å². The van der Waals surface area contributed by atoms with Gasteiger partial charge in [-0.3, -0.25) is 33.8 Å². The van der Waals surface area contributed by atoms with Crippen molar-refractivity contribution < 1.29 is 33.5 Å². The first kappa shape index (κ1) is 37.1. The highest BCUT2D eigenvalue weighted by atomic mass is 79.9. The molecule has 0 saturated heterocycles. The minimum absolute atomic E-state index is 0.0488. The third-order valence-electron chi connectivity index (χ3n) is 7.52. The van der Waals surface area contributed by atoms with Crippen LogP contribution in [0.25, 0.3) is 0 Å². The zero-order valence-corrected chi connectivity index (χ0v) is 31.2. The van der Waals surface area contributed by atoms with Crippen molar-refractivity contribution in [2.45, 2.75) is 25.3 Å². The van der Waals surface area contributed by atoms with Crippen molar-refractivity contribution in [3.8, 4) is 0 Å². The minimum atomic E-state index is -1.59. The van der Waals surface area contributed by atoms with E-state index >= 15 is 0 Å². The van der Waals surface area contributed by atoms with Gasteiger partial charge in [0.15, 0.2) is 12.4 Å². The lowest BCUT2D eigenvalue weighted by atomic mass is 10.1. The SMILES string of the molecule is O=C(COC(=O)[C@H](CCCCN1C(=O)c2c(Cl)c(Cl)c(Cl)c(Cl)c2C1=O)N1C(=O)c2c(Cl)c(Cl)c(Cl)c(Cl)c2C1=O)c1ccc(Br)cc1. The van der Waals surface area contributed by atoms with E-state index in [1.54, 1.807) is 12.1 Å². The van der Waals surface area contributed by atoms with Gasteiger partial charge >= 0.3 is 5.97 Å². The maximum Gasteiger partial charge on any atom is 0.329 e. The number of hydrogen-bond acceptors (Lipinski definition) is 7. The predicted octanol–water partition coefficient (Wildman–Crippen LogP) is 9.53. The number of carbonyl (C=O) groups excluding carboxylic acids is 6. The number of Topliss-reactive ketones (excluding diaryl/α,β-unsaturated/α-hetero) is 1. The number of hydrogen-bond donors (Lipinski definition) is 0. The quantitative estimate of drug-likeness (QED) is 0.0497. The number of ether oxygens (including phenoxy) is 1. The fourth-order valence-corrected chi connectivity index (χ4v) is 7.45. The van der Waals surface area contributed by atoms with E-state index in [0.29, 0.717) is 4.90 Å². The molecule has 2 aliphatic heterocycles. The minimum Gasteiger partial charge on any atom is -0.456 e. The molecule has 0 spiro atoms. The molecule has 0 saturated carbocycles. The highest BCUT2D eigenvalue weighted by Crippen LogP contribution is 2.46. The molecule has 2 aliphatic rings. The second-order valence-electron chi connectivity index (χ2n) is 10.3. The number of halogens is 9. The van der Waals surface area contributed by atoms with Crippen LogP contribution in [0.15, 0.2) is 28.7 Å². The van der Waals surface area contributed by atoms with Crippen LogP contribution < -0.4 is 0 Å². The van der Waals surface area contributed by atoms with Crippen molar-refractivity contribution in [3.63, 3.8) is 0 Å². The molecule has 0 radical (unpaired) electrons. The van der Waals surface area contributed by atoms with Gasteiger partial charge in [-0.15, -0.1) is 0 Å². The Balaban J connectivity index is 1.36. The number of benzene rings is 3. The van der Waals surface area contributed by atoms with Gasteiger partial charge in [-0.2, -0.15) is 0 Å². The molecule has 4 amide bonds. The molecule has 0 unspecified atom stereocenters. The first-order chi connectivity index (χ1) is 22.6. The second kappa shape index (κ2) is 14.6. The number of carbonyl (C=O) groups is 6. The zero-order valence-electron chi connectivity index (χ0n) is 23.6. The molecule has 0 bridgehead atoms. The Kier molecular flexibility index (Phi) is 11.3. The van der Waals surface area contributed by atoms with Crippen molar-refractivity contribution in [2.75, 3.05) is 13.2 Å². The number of rotatable bonds is 10. The Morgan fingerprint density at radius 2 is 1.04 bits per heavy atom. The van der Waals surface area contributed by atoms with E-state index in [0.717, 1.165) is 9.37 Å². The van der Waals surface area contributed by atoms with E-state index in [1.165, 1.54) is 12.1 Å². The van der Waals surface area contributed by atoms with Gasteiger partial charge in [-0.25, -0.2) is 4.79 Å². The van der Waals surface area contributed by atoms with Gasteiger partial charge in [0, 0.05) is 16.6 Å². The maximum atomic E-state index is 13.6. The summed E-state index contributed by atoms with van der Waals surface area (Å²) >= 11 is 52.6. The van der Waals surface area contributed by atoms with E-state index in [2.05, 4.69) is 15.9 Å². The van der Waals surface area contributed by atoms with Crippen molar-refractivity contribution in [2.24, 2.45) is 0 Å². The lowest BCUT2D eigenvalue weighted by molar-refractivity contribution is -0.147. The second-order valence-corrected chi connectivity index (χ2v) is 14.2. The van der Waals surface area contributed by atoms with Gasteiger partial charge in [0.2, 0.25) is 0 Å². The topological polar surface area (TPSA) is 118 Å². The number of unbranched alkanes of at least 4 members (excludes halogenated alkanes) is 1. The summed E-state index contributed by atoms with van der Waals surface area (Å²) in [4.78, 5) is 81.1. The molecule has 3 aromatic carbocycles. The average molecular weight is 879 g/mol. The van der Waals surface area contributed by atoms with Crippen LogP contribution in [0, 0.1) is 0 Å². The van der Waals surface area contributed by atoms with E-state index in [9.17, 15) is 28.8 Å². The van der Waals surface area contributed by atoms with Crippen molar-refractivity contribution in [1.29, 1.82) is 0 Å². The van der Waals surface area contributed by atoms with Gasteiger partial charge in [0.05, 0.1) is 62.4 Å². The number of ketones is 1. The molecule has 0 fully saturated rings. The summed E-state index contributed by atoms with van der Waals surface area (Å²) in [6.07, 6.45) is -0.102. The van der Waals surface area contributed by atoms with Crippen LogP contribution in [0.2, 0.25) is 40.2 Å². The van der Waals surface area contributed by atoms with Crippen LogP contribution >= 0.6 is 109 Å². The Bertz CT molecular complexity index is 1880. The van der Waals surface area contributed by atoms with Crippen molar-refractivity contribution in [1.82, 2.24) is 9.80 Å². The third kappa shape index (κ3) is 6.45. The number of nitrogens with zero attached hydrogens (tertiary/aromatic N) is 2. The number of amides is 4. The summed E-state index contributed by atoms with van der Waals surface area (Å²) in [5, 5.41) is -2.06. The smallest absolute Gasteiger partial charge is 0.329 e. The van der Waals surface area contributed by atoms with Crippen LogP contribution in [-0.2, 0) is 9.53 Å². The fourth-order valence-electron chi connectivity index (χ4n) is 5.16. The molecule has 9 nitrogen and oxygen atoms in total. The maximum absolute atomic E-state index is 13.6. The average Bonchev–Trinajstić information content (AvgIpc) is 3.47. The monoisotopic (exact) mass is 874 g/mol. The lowest BCUT2D eigenvalue weighted by Crippen LogP contribution is -2.46. The van der Waals surface area contributed by atoms with Crippen molar-refractivity contribution in [3.05, 3.63) is 96.7 Å². The zero-order chi connectivity index (χ0) is 35.4. The summed E-state index contributed by atoms with van der Waals surface area (Å²) in [6.45, 7) is -0.885. The number of esters is 1. The van der Waals surface area contributed by atoms with Crippen LogP contribution in [0.4, 0.5) is 0 Å². The molecular weight excluding hydrogens is 864 g/mol. The molecule has 2 heterocycles. The Morgan fingerprint density at radius 3 is 1.48 bits per heavy atom. The highest BCUT2D eigenvalue weighted by molar-refractivity contribution is 9.10. The van der Waals surface area contributed by atoms with E-state index in [1.807, 2.05) is 0 Å². The van der Waals surface area contributed by atoms with E-state index in [-0.39, 0.29) is 93.8 Å². The predicted molar refractivity (Wildman–Crippen MR) is 186 cm³/mol. The first-order valence-electron chi connectivity index (χ1n) is 13.5. The molecule has 0 aromatic heterocycles. The van der Waals surface area contributed by atoms with Gasteiger partial charge in [-0.05, 0) is 31.4 Å². The summed E-state index contributed by atoms with van der Waals surface area (Å²) in [5.74, 6) is -5.17. The largest absolute Gasteiger partial charge is 0.456 e. The summed E-state index contributed by atoms with van der Waals surface area (Å²) in [6, 6.07) is 4.69. The number of imide groups is 2. The molecule has 0 aliphatic carbocycles. The molecule has 18 heteroatoms. The Hall–Kier alpha value is -2.12. The Labute approximate surface area is 320 Å². The summed E-state index contributed by atoms with van der Waals surface area (Å²) < 4.78 is 6.01. The molecule has 1 atom stereocenters. The van der Waals surface area contributed by atoms with E-state index in [4.69, 9.17) is 97.5 Å². The van der Waals surface area contributed by atoms with Crippen LogP contribution in [0.1, 0.15) is 71.1 Å². The van der Waals surface area contributed by atoms with Crippen molar-refractivity contribution >= 4 is 144 Å². The summed E-state index contributed by atoms with van der Waals surface area (Å²) in [5.41, 5.74) is -0.871. The lowest BCUT2D eigenvalue weighted by Gasteiger charge is -2.25. The van der Waals surface area contributed by atoms with Crippen LogP contribution in [0.3, 0.4) is 0 Å². The molecular formula is C30H15BrCl8N2O7. The highest BCUT2D eigenvalue weighted by Gasteiger charge is 2.47. The first-order valence-corrected chi connectivity index (χ1v) is 17.3. The van der Waals surface area contributed by atoms with Gasteiger partial charge in [-0.1, -0.05) is 121 Å². The summed E-state index contributed by atoms with van der Waals surface area (Å²) in [7, 11) is 0. The van der Waals surface area contributed by atoms with Crippen LogP contribution in [0.5, 0.6) is 0 Å². The van der Waals surface area contributed by atoms with Gasteiger partial charge < -0.3 is 4.74 Å². The Morgan fingerprint density at radius 1 is 0.625 bits per heavy atom. The molecule has 5 rings (SSSR count). The molecule has 0 N–H and O–H groups in total. The van der Waals surface area contributed by atoms with Gasteiger partial charge in [0.25, 0.3) is 23.6 Å². The molecule has 250 valence electrons. The normalized spacial score (nSPS) is 14.5. The molecule has 3 aromatic rings. The molecule has 48 heavy (non-hydrogen) atoms. The fraction of sp³-hybridized carbons (Fsp3) is 0.200. The van der Waals surface area contributed by atoms with Crippen LogP contribution in [-0.4, -0.2) is 64.4 Å². The van der Waals surface area contributed by atoms with Gasteiger partial charge in [0.1, 0.15) is 6.04 Å². The third-order valence-corrected chi connectivity index (χ3v) is 11.7.